The van der Waals surface area contributed by atoms with E-state index < -0.39 is 5.54 Å². The lowest BCUT2D eigenvalue weighted by atomic mass is 9.93. The van der Waals surface area contributed by atoms with Gasteiger partial charge in [0.05, 0.1) is 6.07 Å². The highest BCUT2D eigenvalue weighted by Gasteiger charge is 2.25. The van der Waals surface area contributed by atoms with E-state index >= 15 is 0 Å². The summed E-state index contributed by atoms with van der Waals surface area (Å²) in [6.07, 6.45) is 0. The van der Waals surface area contributed by atoms with E-state index in [0.29, 0.717) is 0 Å². The van der Waals surface area contributed by atoms with Crippen LogP contribution in [-0.4, -0.2) is 0 Å². The summed E-state index contributed by atoms with van der Waals surface area (Å²) in [5, 5.41) is 12.7. The van der Waals surface area contributed by atoms with E-state index in [4.69, 9.17) is 0 Å². The molecule has 0 amide bonds. The average Bonchev–Trinajstić information content (AvgIpc) is 2.42. The number of nitrogens with one attached hydrogen (secondary N) is 1. The van der Waals surface area contributed by atoms with Crippen molar-refractivity contribution in [1.29, 1.82) is 5.26 Å². The van der Waals surface area contributed by atoms with Crippen LogP contribution >= 0.6 is 0 Å². The van der Waals surface area contributed by atoms with Crippen LogP contribution in [0.2, 0.25) is 0 Å². The third-order valence-electron chi connectivity index (χ3n) is 3.02. The molecule has 0 saturated heterocycles. The minimum absolute atomic E-state index is 0.712. The Morgan fingerprint density at radius 2 is 1.61 bits per heavy atom. The monoisotopic (exact) mass is 236 g/mol. The summed E-state index contributed by atoms with van der Waals surface area (Å²) in [4.78, 5) is 0. The molecule has 2 heteroatoms. The Bertz CT molecular complexity index is 552. The molecule has 2 aromatic carbocycles. The molecule has 0 aliphatic rings. The molecule has 90 valence electrons. The Balaban J connectivity index is 2.30. The molecular formula is C16H16N2. The summed E-state index contributed by atoms with van der Waals surface area (Å²) in [6, 6.07) is 20.2. The van der Waals surface area contributed by atoms with E-state index in [1.807, 2.05) is 68.4 Å². The van der Waals surface area contributed by atoms with E-state index in [-0.39, 0.29) is 0 Å². The van der Waals surface area contributed by atoms with Crippen LogP contribution in [0.5, 0.6) is 0 Å². The number of benzene rings is 2. The normalized spacial score (nSPS) is 13.4. The first kappa shape index (κ1) is 12.2. The summed E-state index contributed by atoms with van der Waals surface area (Å²) >= 11 is 0. The van der Waals surface area contributed by atoms with Crippen molar-refractivity contribution in [3.05, 3.63) is 65.7 Å². The van der Waals surface area contributed by atoms with Crippen molar-refractivity contribution in [2.24, 2.45) is 0 Å². The highest BCUT2D eigenvalue weighted by molar-refractivity contribution is 5.51. The molecule has 1 N–H and O–H groups in total. The Kier molecular flexibility index (Phi) is 3.34. The molecule has 18 heavy (non-hydrogen) atoms. The van der Waals surface area contributed by atoms with Gasteiger partial charge in [0.25, 0.3) is 0 Å². The van der Waals surface area contributed by atoms with Crippen molar-refractivity contribution in [1.82, 2.24) is 0 Å². The first-order valence-electron chi connectivity index (χ1n) is 5.96. The van der Waals surface area contributed by atoms with Crippen molar-refractivity contribution < 1.29 is 0 Å². The number of nitrogens with zero attached hydrogens (tertiary/aromatic N) is 1. The molecule has 0 aliphatic heterocycles. The van der Waals surface area contributed by atoms with E-state index in [1.165, 1.54) is 5.56 Å². The molecule has 0 radical (unpaired) electrons. The van der Waals surface area contributed by atoms with Gasteiger partial charge < -0.3 is 5.32 Å². The molecule has 0 heterocycles. The number of nitriles is 1. The molecule has 0 bridgehead atoms. The second-order valence-electron chi connectivity index (χ2n) is 4.59. The summed E-state index contributed by atoms with van der Waals surface area (Å²) in [5.74, 6) is 0. The zero-order valence-electron chi connectivity index (χ0n) is 10.6. The van der Waals surface area contributed by atoms with Gasteiger partial charge in [-0.3, -0.25) is 0 Å². The zero-order valence-corrected chi connectivity index (χ0v) is 10.6. The summed E-state index contributed by atoms with van der Waals surface area (Å²) in [7, 11) is 0. The quantitative estimate of drug-likeness (QED) is 0.878. The fourth-order valence-corrected chi connectivity index (χ4v) is 1.86. The highest BCUT2D eigenvalue weighted by Crippen LogP contribution is 2.25. The van der Waals surface area contributed by atoms with Crippen LogP contribution in [0.4, 0.5) is 5.69 Å². The number of rotatable bonds is 3. The predicted octanol–water partition coefficient (Wildman–Crippen LogP) is 3.85. The van der Waals surface area contributed by atoms with Gasteiger partial charge in [-0.25, -0.2) is 0 Å². The molecule has 0 aliphatic carbocycles. The first-order chi connectivity index (χ1) is 8.64. The molecule has 0 spiro atoms. The lowest BCUT2D eigenvalue weighted by Crippen LogP contribution is -2.29. The van der Waals surface area contributed by atoms with Crippen LogP contribution in [0.15, 0.2) is 54.6 Å². The van der Waals surface area contributed by atoms with Crippen molar-refractivity contribution >= 4 is 5.69 Å². The van der Waals surface area contributed by atoms with Crippen LogP contribution in [0.1, 0.15) is 18.1 Å². The maximum atomic E-state index is 9.44. The van der Waals surface area contributed by atoms with Gasteiger partial charge in [-0.15, -0.1) is 0 Å². The number of anilines is 1. The molecule has 2 rings (SSSR count). The van der Waals surface area contributed by atoms with Crippen molar-refractivity contribution in [3.8, 4) is 6.07 Å². The molecular weight excluding hydrogens is 220 g/mol. The van der Waals surface area contributed by atoms with E-state index in [2.05, 4.69) is 11.4 Å². The largest absolute Gasteiger partial charge is 0.364 e. The smallest absolute Gasteiger partial charge is 0.148 e. The average molecular weight is 236 g/mol. The second-order valence-corrected chi connectivity index (χ2v) is 4.59. The Hall–Kier alpha value is -2.27. The lowest BCUT2D eigenvalue weighted by Gasteiger charge is -2.25. The standard InChI is InChI=1S/C16H16N2/c1-13-8-10-15(11-9-13)18-16(2,12-17)14-6-4-3-5-7-14/h3-11,18H,1-2H3. The summed E-state index contributed by atoms with van der Waals surface area (Å²) < 4.78 is 0. The van der Waals surface area contributed by atoms with Gasteiger partial charge in [0, 0.05) is 5.69 Å². The zero-order chi connectivity index (χ0) is 13.0. The molecule has 2 nitrogen and oxygen atoms in total. The van der Waals surface area contributed by atoms with Gasteiger partial charge >= 0.3 is 0 Å². The second kappa shape index (κ2) is 4.93. The summed E-state index contributed by atoms with van der Waals surface area (Å²) in [5.41, 5.74) is 2.41. The number of hydrogen-bond acceptors (Lipinski definition) is 2. The van der Waals surface area contributed by atoms with Crippen molar-refractivity contribution in [3.63, 3.8) is 0 Å². The third-order valence-corrected chi connectivity index (χ3v) is 3.02. The van der Waals surface area contributed by atoms with E-state index in [1.54, 1.807) is 0 Å². The van der Waals surface area contributed by atoms with Crippen molar-refractivity contribution in [2.45, 2.75) is 19.4 Å². The summed E-state index contributed by atoms with van der Waals surface area (Å²) in [6.45, 7) is 3.94. The predicted molar refractivity (Wildman–Crippen MR) is 74.2 cm³/mol. The fourth-order valence-electron chi connectivity index (χ4n) is 1.86. The van der Waals surface area contributed by atoms with Gasteiger partial charge in [0.1, 0.15) is 5.54 Å². The maximum Gasteiger partial charge on any atom is 0.148 e. The van der Waals surface area contributed by atoms with Gasteiger partial charge in [-0.05, 0) is 31.5 Å². The lowest BCUT2D eigenvalue weighted by molar-refractivity contribution is 0.706. The number of hydrogen-bond donors (Lipinski definition) is 1. The Morgan fingerprint density at radius 3 is 2.17 bits per heavy atom. The SMILES string of the molecule is Cc1ccc(NC(C)(C#N)c2ccccc2)cc1. The molecule has 1 unspecified atom stereocenters. The minimum Gasteiger partial charge on any atom is -0.364 e. The van der Waals surface area contributed by atoms with Gasteiger partial charge in [-0.1, -0.05) is 48.0 Å². The molecule has 1 atom stereocenters. The van der Waals surface area contributed by atoms with Gasteiger partial charge in [0.15, 0.2) is 0 Å². The van der Waals surface area contributed by atoms with Crippen molar-refractivity contribution in [2.75, 3.05) is 5.32 Å². The van der Waals surface area contributed by atoms with Crippen LogP contribution in [0, 0.1) is 18.3 Å². The fraction of sp³-hybridized carbons (Fsp3) is 0.188. The topological polar surface area (TPSA) is 35.8 Å². The van der Waals surface area contributed by atoms with Crippen LogP contribution < -0.4 is 5.32 Å². The van der Waals surface area contributed by atoms with Crippen LogP contribution in [0.3, 0.4) is 0 Å². The van der Waals surface area contributed by atoms with Gasteiger partial charge in [-0.2, -0.15) is 5.26 Å². The van der Waals surface area contributed by atoms with E-state index in [9.17, 15) is 5.26 Å². The molecule has 0 saturated carbocycles. The molecule has 2 aromatic rings. The molecule has 0 aromatic heterocycles. The Labute approximate surface area is 108 Å². The first-order valence-corrected chi connectivity index (χ1v) is 5.96. The minimum atomic E-state index is -0.712. The Morgan fingerprint density at radius 1 is 1.00 bits per heavy atom. The van der Waals surface area contributed by atoms with Crippen LogP contribution in [0.25, 0.3) is 0 Å². The number of aryl methyl sites for hydroxylation is 1. The molecule has 0 fully saturated rings. The third kappa shape index (κ3) is 2.52. The highest BCUT2D eigenvalue weighted by atomic mass is 15.0. The maximum absolute atomic E-state index is 9.44. The van der Waals surface area contributed by atoms with Gasteiger partial charge in [0.2, 0.25) is 0 Å². The van der Waals surface area contributed by atoms with Crippen LogP contribution in [-0.2, 0) is 5.54 Å². The van der Waals surface area contributed by atoms with E-state index in [0.717, 1.165) is 11.3 Å².